The normalized spacial score (nSPS) is 18.2. The molecule has 3 aromatic rings. The first kappa shape index (κ1) is 23.1. The number of piperazine rings is 1. The molecule has 6 heteroatoms. The summed E-state index contributed by atoms with van der Waals surface area (Å²) in [5, 5.41) is 10.0. The number of ketones is 2. The summed E-state index contributed by atoms with van der Waals surface area (Å²) in [6, 6.07) is 25.0. The summed E-state index contributed by atoms with van der Waals surface area (Å²) < 4.78 is 5.94. The number of hydrogen-bond acceptors (Lipinski definition) is 6. The molecule has 5 rings (SSSR count). The van der Waals surface area contributed by atoms with Crippen molar-refractivity contribution in [3.63, 3.8) is 0 Å². The van der Waals surface area contributed by atoms with Crippen molar-refractivity contribution in [2.24, 2.45) is 5.92 Å². The van der Waals surface area contributed by atoms with Crippen LogP contribution in [0.15, 0.2) is 78.9 Å². The van der Waals surface area contributed by atoms with Crippen LogP contribution in [-0.4, -0.2) is 55.6 Å². The van der Waals surface area contributed by atoms with E-state index in [9.17, 15) is 14.7 Å². The summed E-state index contributed by atoms with van der Waals surface area (Å²) in [4.78, 5) is 29.9. The number of phenols is 1. The number of carbonyl (C=O) groups excluding carboxylic acids is 2. The number of aromatic hydroxyl groups is 1. The number of hydrogen-bond donors (Lipinski definition) is 1. The third-order valence-corrected chi connectivity index (χ3v) is 7.00. The highest BCUT2D eigenvalue weighted by Gasteiger charge is 2.37. The number of carbonyl (C=O) groups is 2. The molecule has 0 bridgehead atoms. The van der Waals surface area contributed by atoms with Gasteiger partial charge < -0.3 is 19.6 Å². The summed E-state index contributed by atoms with van der Waals surface area (Å²) in [5.74, 6) is -0.542. The van der Waals surface area contributed by atoms with Gasteiger partial charge in [0.2, 0.25) is 0 Å². The van der Waals surface area contributed by atoms with E-state index in [1.807, 2.05) is 18.2 Å². The maximum Gasteiger partial charge on any atom is 0.174 e. The van der Waals surface area contributed by atoms with Crippen molar-refractivity contribution in [3.8, 4) is 5.75 Å². The lowest BCUT2D eigenvalue weighted by Gasteiger charge is -2.44. The predicted molar refractivity (Wildman–Crippen MR) is 137 cm³/mol. The molecule has 0 aromatic heterocycles. The van der Waals surface area contributed by atoms with Gasteiger partial charge in [0.1, 0.15) is 5.75 Å². The summed E-state index contributed by atoms with van der Waals surface area (Å²) in [6.07, 6.45) is 1.20. The topological polar surface area (TPSA) is 70.1 Å². The van der Waals surface area contributed by atoms with Crippen LogP contribution in [0, 0.1) is 5.92 Å². The maximum atomic E-state index is 12.6. The average molecular weight is 471 g/mol. The van der Waals surface area contributed by atoms with Crippen molar-refractivity contribution in [1.29, 1.82) is 0 Å². The van der Waals surface area contributed by atoms with Crippen LogP contribution < -0.4 is 9.80 Å². The van der Waals surface area contributed by atoms with Crippen LogP contribution in [0.4, 0.5) is 11.4 Å². The number of rotatable bonds is 8. The van der Waals surface area contributed by atoms with Crippen LogP contribution in [0.25, 0.3) is 0 Å². The molecule has 0 radical (unpaired) electrons. The minimum Gasteiger partial charge on any atom is -0.508 e. The second-order valence-corrected chi connectivity index (χ2v) is 9.17. The van der Waals surface area contributed by atoms with Gasteiger partial charge in [-0.2, -0.15) is 0 Å². The van der Waals surface area contributed by atoms with Crippen LogP contribution >= 0.6 is 0 Å². The molecule has 6 nitrogen and oxygen atoms in total. The number of phenolic OH excluding ortho intramolecular Hbond substituents is 1. The highest BCUT2D eigenvalue weighted by atomic mass is 16.5. The first-order valence-electron chi connectivity index (χ1n) is 12.2. The van der Waals surface area contributed by atoms with Crippen LogP contribution in [-0.2, 0) is 4.74 Å². The van der Waals surface area contributed by atoms with Crippen LogP contribution in [0.2, 0.25) is 0 Å². The van der Waals surface area contributed by atoms with Crippen molar-refractivity contribution < 1.29 is 19.4 Å². The van der Waals surface area contributed by atoms with Crippen molar-refractivity contribution in [2.75, 3.05) is 42.6 Å². The molecule has 0 amide bonds. The van der Waals surface area contributed by atoms with E-state index in [-0.39, 0.29) is 23.4 Å². The van der Waals surface area contributed by atoms with Gasteiger partial charge in [-0.05, 0) is 37.1 Å². The van der Waals surface area contributed by atoms with E-state index >= 15 is 0 Å². The van der Waals surface area contributed by atoms with Crippen molar-refractivity contribution in [3.05, 3.63) is 90.0 Å². The van der Waals surface area contributed by atoms with E-state index in [1.165, 1.54) is 5.69 Å². The summed E-state index contributed by atoms with van der Waals surface area (Å²) in [5.41, 5.74) is 3.27. The quantitative estimate of drug-likeness (QED) is 0.384. The Balaban J connectivity index is 1.19. The van der Waals surface area contributed by atoms with E-state index in [0.717, 1.165) is 31.7 Å². The Morgan fingerprint density at radius 2 is 1.43 bits per heavy atom. The lowest BCUT2D eigenvalue weighted by molar-refractivity contribution is 0.0748. The molecule has 0 spiro atoms. The van der Waals surface area contributed by atoms with E-state index in [2.05, 4.69) is 34.1 Å². The summed E-state index contributed by atoms with van der Waals surface area (Å²) in [7, 11) is 0. The number of ether oxygens (including phenoxy) is 1. The van der Waals surface area contributed by atoms with Crippen LogP contribution in [0.5, 0.6) is 5.75 Å². The summed E-state index contributed by atoms with van der Waals surface area (Å²) in [6.45, 7) is 3.48. The van der Waals surface area contributed by atoms with Gasteiger partial charge in [0.05, 0.1) is 5.92 Å². The van der Waals surface area contributed by atoms with Gasteiger partial charge in [-0.3, -0.25) is 9.59 Å². The van der Waals surface area contributed by atoms with Crippen LogP contribution in [0.1, 0.15) is 33.6 Å². The van der Waals surface area contributed by atoms with Crippen molar-refractivity contribution in [1.82, 2.24) is 0 Å². The van der Waals surface area contributed by atoms with Gasteiger partial charge in [-0.25, -0.2) is 0 Å². The molecule has 1 saturated heterocycles. The van der Waals surface area contributed by atoms with Crippen LogP contribution in [0.3, 0.4) is 0 Å². The van der Waals surface area contributed by atoms with Gasteiger partial charge in [0.15, 0.2) is 11.6 Å². The first-order valence-corrected chi connectivity index (χ1v) is 12.2. The zero-order valence-electron chi connectivity index (χ0n) is 19.7. The van der Waals surface area contributed by atoms with E-state index in [1.54, 1.807) is 36.4 Å². The fraction of sp³-hybridized carbons (Fsp3) is 0.310. The highest BCUT2D eigenvalue weighted by Crippen LogP contribution is 2.30. The molecular formula is C29H30N2O4. The molecule has 1 heterocycles. The van der Waals surface area contributed by atoms with E-state index in [0.29, 0.717) is 30.8 Å². The Bertz CT molecular complexity index is 1160. The molecule has 180 valence electrons. The molecule has 3 aromatic carbocycles. The standard InChI is InChI=1S/C29H30N2O4/c32-24-10-6-9-22(19-24)31-16-15-30(21-7-2-1-3-8-21)20-23(31)13-17-35-18-14-27-28(33)25-11-4-5-12-26(25)29(27)34/h1-12,19,23,27,32H,13-18,20H2. The highest BCUT2D eigenvalue weighted by molar-refractivity contribution is 6.26. The largest absolute Gasteiger partial charge is 0.508 e. The fourth-order valence-electron chi connectivity index (χ4n) is 5.18. The number of nitrogens with zero attached hydrogens (tertiary/aromatic N) is 2. The zero-order chi connectivity index (χ0) is 24.2. The molecule has 1 aliphatic carbocycles. The number of Topliss-reactive ketones (excluding diaryl/α,β-unsaturated/α-hetero) is 2. The second-order valence-electron chi connectivity index (χ2n) is 9.17. The maximum absolute atomic E-state index is 12.6. The molecule has 1 N–H and O–H groups in total. The second kappa shape index (κ2) is 10.3. The monoisotopic (exact) mass is 470 g/mol. The van der Waals surface area contributed by atoms with E-state index in [4.69, 9.17) is 4.74 Å². The Hall–Kier alpha value is -3.64. The number of anilines is 2. The molecule has 2 aliphatic rings. The van der Waals surface area contributed by atoms with E-state index < -0.39 is 5.92 Å². The third kappa shape index (κ3) is 4.93. The molecule has 1 fully saturated rings. The molecule has 0 saturated carbocycles. The van der Waals surface area contributed by atoms with Gasteiger partial charge in [-0.1, -0.05) is 48.5 Å². The number of fused-ring (bicyclic) bond motifs is 1. The molecular weight excluding hydrogens is 440 g/mol. The Morgan fingerprint density at radius 3 is 2.14 bits per heavy atom. The Kier molecular flexibility index (Phi) is 6.82. The third-order valence-electron chi connectivity index (χ3n) is 7.00. The van der Waals surface area contributed by atoms with Crippen molar-refractivity contribution in [2.45, 2.75) is 18.9 Å². The minimum absolute atomic E-state index is 0.0879. The SMILES string of the molecule is O=C1c2ccccc2C(=O)C1CCOCCC1CN(c2ccccc2)CCN1c1cccc(O)c1. The zero-order valence-corrected chi connectivity index (χ0v) is 19.7. The molecule has 1 aliphatic heterocycles. The lowest BCUT2D eigenvalue weighted by Crippen LogP contribution is -2.54. The van der Waals surface area contributed by atoms with Gasteiger partial charge in [-0.15, -0.1) is 0 Å². The Morgan fingerprint density at radius 1 is 0.771 bits per heavy atom. The number of benzene rings is 3. The minimum atomic E-state index is -0.626. The van der Waals surface area contributed by atoms with Gasteiger partial charge in [0, 0.05) is 67.5 Å². The average Bonchev–Trinajstić information content (AvgIpc) is 3.14. The molecule has 35 heavy (non-hydrogen) atoms. The smallest absolute Gasteiger partial charge is 0.174 e. The van der Waals surface area contributed by atoms with Crippen molar-refractivity contribution >= 4 is 22.9 Å². The lowest BCUT2D eigenvalue weighted by atomic mass is 10.0. The number of para-hydroxylation sites is 1. The predicted octanol–water partition coefficient (Wildman–Crippen LogP) is 4.58. The van der Waals surface area contributed by atoms with Gasteiger partial charge >= 0.3 is 0 Å². The summed E-state index contributed by atoms with van der Waals surface area (Å²) >= 11 is 0. The van der Waals surface area contributed by atoms with Gasteiger partial charge in [0.25, 0.3) is 0 Å². The molecule has 1 unspecified atom stereocenters. The fourth-order valence-corrected chi connectivity index (χ4v) is 5.18. The Labute approximate surface area is 205 Å². The molecule has 1 atom stereocenters. The first-order chi connectivity index (χ1) is 17.1.